The maximum Gasteiger partial charge on any atom is 0.341 e. The van der Waals surface area contributed by atoms with Gasteiger partial charge in [0.05, 0.1) is 5.69 Å². The largest absolute Gasteiger partial charge is 0.350 e. The third-order valence-electron chi connectivity index (χ3n) is 3.10. The lowest BCUT2D eigenvalue weighted by Crippen LogP contribution is -2.18. The number of hydrogen-bond donors (Lipinski definition) is 0. The molecule has 0 aliphatic carbocycles. The SMILES string of the molecule is COP(=O)(OC)C1C=CN(C)c2c(Br)ccc(Br)c21. The van der Waals surface area contributed by atoms with Crippen LogP contribution in [0, 0.1) is 0 Å². The number of allylic oxidation sites excluding steroid dienone is 1. The fourth-order valence-electron chi connectivity index (χ4n) is 2.14. The van der Waals surface area contributed by atoms with Crippen LogP contribution in [0.4, 0.5) is 5.69 Å². The third kappa shape index (κ3) is 2.57. The first-order chi connectivity index (χ1) is 8.94. The molecule has 1 heterocycles. The molecule has 0 radical (unpaired) electrons. The van der Waals surface area contributed by atoms with Gasteiger partial charge in [0.15, 0.2) is 0 Å². The van der Waals surface area contributed by atoms with Crippen molar-refractivity contribution in [2.75, 3.05) is 26.2 Å². The van der Waals surface area contributed by atoms with E-state index in [0.717, 1.165) is 20.2 Å². The highest BCUT2D eigenvalue weighted by atomic mass is 79.9. The van der Waals surface area contributed by atoms with E-state index in [1.807, 2.05) is 36.4 Å². The number of benzene rings is 1. The molecule has 19 heavy (non-hydrogen) atoms. The zero-order valence-electron chi connectivity index (χ0n) is 10.8. The molecule has 1 aliphatic rings. The third-order valence-corrected chi connectivity index (χ3v) is 6.57. The molecule has 104 valence electrons. The molecule has 1 aromatic carbocycles. The molecular weight excluding hydrogens is 397 g/mol. The second-order valence-corrected chi connectivity index (χ2v) is 8.17. The van der Waals surface area contributed by atoms with E-state index in [9.17, 15) is 4.57 Å². The highest BCUT2D eigenvalue weighted by Crippen LogP contribution is 2.64. The molecule has 1 atom stereocenters. The molecule has 7 heteroatoms. The van der Waals surface area contributed by atoms with E-state index in [0.29, 0.717) is 0 Å². The Balaban J connectivity index is 2.68. The quantitative estimate of drug-likeness (QED) is 0.677. The van der Waals surface area contributed by atoms with Gasteiger partial charge >= 0.3 is 7.60 Å². The van der Waals surface area contributed by atoms with Crippen LogP contribution in [0.5, 0.6) is 0 Å². The maximum atomic E-state index is 12.7. The molecule has 0 bridgehead atoms. The standard InChI is InChI=1S/C12H14Br2NO3P/c1-15-7-6-10(19(16,17-2)18-3)11-8(13)4-5-9(14)12(11)15/h4-7,10H,1-3H3. The molecule has 0 amide bonds. The van der Waals surface area contributed by atoms with E-state index in [2.05, 4.69) is 31.9 Å². The van der Waals surface area contributed by atoms with Crippen LogP contribution in [0.2, 0.25) is 0 Å². The van der Waals surface area contributed by atoms with E-state index in [-0.39, 0.29) is 0 Å². The lowest BCUT2D eigenvalue weighted by molar-refractivity contribution is 0.270. The maximum absolute atomic E-state index is 12.7. The average Bonchev–Trinajstić information content (AvgIpc) is 2.42. The molecule has 0 aromatic heterocycles. The van der Waals surface area contributed by atoms with Crippen LogP contribution >= 0.6 is 39.5 Å². The van der Waals surface area contributed by atoms with Crippen molar-refractivity contribution in [2.24, 2.45) is 0 Å². The number of hydrogen-bond acceptors (Lipinski definition) is 4. The molecule has 0 saturated heterocycles. The second-order valence-electron chi connectivity index (χ2n) is 4.09. The Morgan fingerprint density at radius 3 is 2.37 bits per heavy atom. The molecule has 0 saturated carbocycles. The van der Waals surface area contributed by atoms with Crippen LogP contribution in [0.25, 0.3) is 0 Å². The van der Waals surface area contributed by atoms with Crippen LogP contribution in [-0.2, 0) is 13.6 Å². The molecule has 1 aliphatic heterocycles. The van der Waals surface area contributed by atoms with Gasteiger partial charge in [-0.1, -0.05) is 15.9 Å². The monoisotopic (exact) mass is 409 g/mol. The normalized spacial score (nSPS) is 18.6. The Morgan fingerprint density at radius 2 is 1.79 bits per heavy atom. The molecular formula is C12H14Br2NO3P. The Morgan fingerprint density at radius 1 is 1.21 bits per heavy atom. The van der Waals surface area contributed by atoms with Crippen molar-refractivity contribution in [3.8, 4) is 0 Å². The van der Waals surface area contributed by atoms with Crippen molar-refractivity contribution >= 4 is 45.1 Å². The van der Waals surface area contributed by atoms with Gasteiger partial charge in [0.1, 0.15) is 5.66 Å². The van der Waals surface area contributed by atoms with Gasteiger partial charge in [-0.05, 0) is 34.1 Å². The Labute approximate surface area is 129 Å². The van der Waals surface area contributed by atoms with Gasteiger partial charge in [0, 0.05) is 42.0 Å². The number of fused-ring (bicyclic) bond motifs is 1. The lowest BCUT2D eigenvalue weighted by Gasteiger charge is -2.32. The number of anilines is 1. The predicted molar refractivity (Wildman–Crippen MR) is 83.8 cm³/mol. The molecule has 0 spiro atoms. The van der Waals surface area contributed by atoms with Gasteiger partial charge in [0.25, 0.3) is 0 Å². The minimum Gasteiger partial charge on any atom is -0.350 e. The minimum atomic E-state index is -3.23. The zero-order valence-corrected chi connectivity index (χ0v) is 14.8. The zero-order chi connectivity index (χ0) is 14.2. The van der Waals surface area contributed by atoms with Gasteiger partial charge in [-0.25, -0.2) is 0 Å². The first-order valence-electron chi connectivity index (χ1n) is 5.55. The van der Waals surface area contributed by atoms with Crippen LogP contribution < -0.4 is 4.90 Å². The summed E-state index contributed by atoms with van der Waals surface area (Å²) in [6.07, 6.45) is 3.71. The Bertz CT molecular complexity index is 568. The fourth-order valence-corrected chi connectivity index (χ4v) is 4.98. The van der Waals surface area contributed by atoms with E-state index < -0.39 is 13.3 Å². The molecule has 2 rings (SSSR count). The Kier molecular flexibility index (Phi) is 4.58. The summed E-state index contributed by atoms with van der Waals surface area (Å²) in [6.45, 7) is 0. The topological polar surface area (TPSA) is 38.8 Å². The average molecular weight is 411 g/mol. The van der Waals surface area contributed by atoms with Gasteiger partial charge in [-0.3, -0.25) is 4.57 Å². The Hall–Kier alpha value is -0.130. The first-order valence-corrected chi connectivity index (χ1v) is 8.74. The molecule has 0 N–H and O–H groups in total. The van der Waals surface area contributed by atoms with Crippen molar-refractivity contribution in [3.63, 3.8) is 0 Å². The van der Waals surface area contributed by atoms with Crippen LogP contribution in [-0.4, -0.2) is 21.3 Å². The minimum absolute atomic E-state index is 0.430. The smallest absolute Gasteiger partial charge is 0.341 e. The predicted octanol–water partition coefficient (Wildman–Crippen LogP) is 4.70. The second kappa shape index (κ2) is 5.70. The highest BCUT2D eigenvalue weighted by Gasteiger charge is 2.39. The summed E-state index contributed by atoms with van der Waals surface area (Å²) in [7, 11) is 1.52. The summed E-state index contributed by atoms with van der Waals surface area (Å²) < 4.78 is 24.8. The summed E-state index contributed by atoms with van der Waals surface area (Å²) in [6, 6.07) is 3.86. The molecule has 0 fully saturated rings. The van der Waals surface area contributed by atoms with E-state index in [1.54, 1.807) is 0 Å². The van der Waals surface area contributed by atoms with Crippen molar-refractivity contribution in [2.45, 2.75) is 5.66 Å². The van der Waals surface area contributed by atoms with Gasteiger partial charge in [-0.2, -0.15) is 0 Å². The summed E-state index contributed by atoms with van der Waals surface area (Å²) in [5.41, 5.74) is 1.42. The van der Waals surface area contributed by atoms with E-state index in [1.165, 1.54) is 14.2 Å². The van der Waals surface area contributed by atoms with Gasteiger partial charge in [0.2, 0.25) is 0 Å². The van der Waals surface area contributed by atoms with E-state index >= 15 is 0 Å². The fraction of sp³-hybridized carbons (Fsp3) is 0.333. The summed E-state index contributed by atoms with van der Waals surface area (Å²) in [5, 5.41) is 0. The molecule has 4 nitrogen and oxygen atoms in total. The van der Waals surface area contributed by atoms with Crippen molar-refractivity contribution in [1.29, 1.82) is 0 Å². The summed E-state index contributed by atoms with van der Waals surface area (Å²) in [4.78, 5) is 1.97. The summed E-state index contributed by atoms with van der Waals surface area (Å²) in [5.74, 6) is 0. The number of halogens is 2. The molecule has 1 aromatic rings. The number of nitrogens with zero attached hydrogens (tertiary/aromatic N) is 1. The first kappa shape index (κ1) is 15.3. The van der Waals surface area contributed by atoms with Crippen molar-refractivity contribution < 1.29 is 13.6 Å². The van der Waals surface area contributed by atoms with Gasteiger partial charge < -0.3 is 13.9 Å². The van der Waals surface area contributed by atoms with E-state index in [4.69, 9.17) is 9.05 Å². The summed E-state index contributed by atoms with van der Waals surface area (Å²) >= 11 is 7.05. The molecule has 1 unspecified atom stereocenters. The van der Waals surface area contributed by atoms with Crippen LogP contribution in [0.15, 0.2) is 33.4 Å². The van der Waals surface area contributed by atoms with Crippen LogP contribution in [0.1, 0.15) is 11.2 Å². The lowest BCUT2D eigenvalue weighted by atomic mass is 10.1. The highest BCUT2D eigenvalue weighted by molar-refractivity contribution is 9.11. The van der Waals surface area contributed by atoms with Crippen LogP contribution in [0.3, 0.4) is 0 Å². The van der Waals surface area contributed by atoms with Crippen molar-refractivity contribution in [3.05, 3.63) is 38.9 Å². The van der Waals surface area contributed by atoms with Gasteiger partial charge in [-0.15, -0.1) is 0 Å². The van der Waals surface area contributed by atoms with Crippen molar-refractivity contribution in [1.82, 2.24) is 0 Å². The number of rotatable bonds is 3.